The van der Waals surface area contributed by atoms with E-state index in [0.717, 1.165) is 48.8 Å². The molecule has 0 saturated heterocycles. The lowest BCUT2D eigenvalue weighted by atomic mass is 9.47. The third kappa shape index (κ3) is 4.84. The molecule has 43 heavy (non-hydrogen) atoms. The molecule has 0 aliphatic heterocycles. The first-order chi connectivity index (χ1) is 20.7. The van der Waals surface area contributed by atoms with Gasteiger partial charge < -0.3 is 0 Å². The van der Waals surface area contributed by atoms with E-state index >= 15 is 0 Å². The smallest absolute Gasteiger partial charge is 0.0903 e. The summed E-state index contributed by atoms with van der Waals surface area (Å²) in [5, 5.41) is 2.13. The molecule has 4 fully saturated rings. The van der Waals surface area contributed by atoms with E-state index < -0.39 is 5.16 Å². The summed E-state index contributed by atoms with van der Waals surface area (Å²) in [6.07, 6.45) is 16.2. The van der Waals surface area contributed by atoms with Crippen molar-refractivity contribution in [3.05, 3.63) is 108 Å². The van der Waals surface area contributed by atoms with Crippen LogP contribution < -0.4 is 0 Å². The van der Waals surface area contributed by atoms with Gasteiger partial charge in [-0.05, 0) is 102 Å². The lowest BCUT2D eigenvalue weighted by Gasteiger charge is -2.61. The number of benzene rings is 2. The van der Waals surface area contributed by atoms with Crippen LogP contribution in [-0.4, -0.2) is 20.8 Å². The molecule has 5 aliphatic carbocycles. The maximum absolute atomic E-state index is 5.38. The van der Waals surface area contributed by atoms with Gasteiger partial charge in [0.1, 0.15) is 0 Å². The molecule has 220 valence electrons. The molecule has 4 bridgehead atoms. The van der Waals surface area contributed by atoms with Crippen molar-refractivity contribution in [1.82, 2.24) is 9.97 Å². The number of rotatable bonds is 6. The van der Waals surface area contributed by atoms with Gasteiger partial charge in [-0.3, -0.25) is 9.97 Å². The summed E-state index contributed by atoms with van der Waals surface area (Å²) in [7, 11) is 4.25. The highest BCUT2D eigenvalue weighted by Crippen LogP contribution is 2.68. The van der Waals surface area contributed by atoms with Gasteiger partial charge in [0.05, 0.1) is 27.6 Å². The molecular weight excluding hydrogens is 558 g/mol. The van der Waals surface area contributed by atoms with E-state index in [1.165, 1.54) is 54.9 Å². The minimum atomic E-state index is -0.523. The molecule has 0 spiro atoms. The quantitative estimate of drug-likeness (QED) is 0.205. The Kier molecular flexibility index (Phi) is 6.75. The number of para-hydroxylation sites is 2. The largest absolute Gasteiger partial charge is 0.251 e. The van der Waals surface area contributed by atoms with Crippen LogP contribution >= 0.6 is 17.8 Å². The van der Waals surface area contributed by atoms with Crippen molar-refractivity contribution in [3.8, 4) is 0 Å². The molecule has 4 unspecified atom stereocenters. The maximum atomic E-state index is 5.38. The third-order valence-electron chi connectivity index (χ3n) is 11.1. The highest BCUT2D eigenvalue weighted by Gasteiger charge is 2.57. The van der Waals surface area contributed by atoms with Gasteiger partial charge in [-0.2, -0.15) is 0 Å². The maximum Gasteiger partial charge on any atom is 0.0903 e. The molecule has 0 radical (unpaired) electrons. The minimum Gasteiger partial charge on any atom is -0.251 e. The number of allylic oxidation sites excluding steroid dienone is 4. The van der Waals surface area contributed by atoms with Crippen LogP contribution in [0.2, 0.25) is 0 Å². The van der Waals surface area contributed by atoms with Crippen LogP contribution in [0, 0.1) is 29.1 Å². The highest BCUT2D eigenvalue weighted by molar-refractivity contribution is 7.40. The lowest BCUT2D eigenvalue weighted by molar-refractivity contribution is -0.0577. The predicted octanol–water partition coefficient (Wildman–Crippen LogP) is 10.1. The summed E-state index contributed by atoms with van der Waals surface area (Å²) >= 11 is 0. The van der Waals surface area contributed by atoms with Gasteiger partial charge >= 0.3 is 0 Å². The second kappa shape index (κ2) is 10.3. The van der Waals surface area contributed by atoms with Crippen molar-refractivity contribution in [2.45, 2.75) is 75.3 Å². The molecule has 4 aromatic rings. The predicted molar refractivity (Wildman–Crippen MR) is 187 cm³/mol. The first-order valence-corrected chi connectivity index (χ1v) is 18.0. The Morgan fingerprint density at radius 1 is 0.744 bits per heavy atom. The molecule has 2 nitrogen and oxygen atoms in total. The van der Waals surface area contributed by atoms with Crippen LogP contribution in [0.5, 0.6) is 0 Å². The summed E-state index contributed by atoms with van der Waals surface area (Å²) < 4.78 is 0. The summed E-state index contributed by atoms with van der Waals surface area (Å²) in [6, 6.07) is 26.1. The molecule has 4 heteroatoms. The Balaban J connectivity index is 1.30. The van der Waals surface area contributed by atoms with Crippen molar-refractivity contribution in [2.75, 3.05) is 0 Å². The zero-order chi connectivity index (χ0) is 29.4. The zero-order valence-electron chi connectivity index (χ0n) is 25.8. The monoisotopic (exact) mass is 602 g/mol. The number of hydrogen-bond acceptors (Lipinski definition) is 2. The van der Waals surface area contributed by atoms with Crippen LogP contribution in [0.4, 0.5) is 0 Å². The Morgan fingerprint density at radius 2 is 1.26 bits per heavy atom. The van der Waals surface area contributed by atoms with E-state index in [0.29, 0.717) is 22.1 Å². The molecule has 0 N–H and O–H groups in total. The molecule has 2 aromatic heterocycles. The summed E-state index contributed by atoms with van der Waals surface area (Å²) in [6.45, 7) is 7.43. The van der Waals surface area contributed by atoms with Crippen LogP contribution in [0.15, 0.2) is 96.6 Å². The van der Waals surface area contributed by atoms with E-state index in [4.69, 9.17) is 9.97 Å². The van der Waals surface area contributed by atoms with Gasteiger partial charge in [0.25, 0.3) is 0 Å². The van der Waals surface area contributed by atoms with Crippen molar-refractivity contribution in [2.24, 2.45) is 29.1 Å². The van der Waals surface area contributed by atoms with Gasteiger partial charge in [0.2, 0.25) is 0 Å². The van der Waals surface area contributed by atoms with Crippen molar-refractivity contribution < 1.29 is 0 Å². The number of fused-ring (bicyclic) bond motifs is 2. The summed E-state index contributed by atoms with van der Waals surface area (Å²) in [5.74, 6) is 3.22. The SMILES string of the molecule is CC(C)(C)PC(C1C=CC=C1C(P)(c1ccc2ccccc2n1)c1ccc2ccccc2n1)C12CC3CC(CC(C3)C1)C2. The van der Waals surface area contributed by atoms with Crippen LogP contribution in [0.25, 0.3) is 21.8 Å². The Labute approximate surface area is 261 Å². The average molecular weight is 603 g/mol. The average Bonchev–Trinajstić information content (AvgIpc) is 3.48. The van der Waals surface area contributed by atoms with Gasteiger partial charge in [-0.1, -0.05) is 87.5 Å². The first kappa shape index (κ1) is 28.1. The summed E-state index contributed by atoms with van der Waals surface area (Å²) in [4.78, 5) is 10.8. The van der Waals surface area contributed by atoms with Crippen LogP contribution in [0.1, 0.15) is 70.7 Å². The normalized spacial score (nSPS) is 29.3. The molecule has 4 saturated carbocycles. The summed E-state index contributed by atoms with van der Waals surface area (Å²) in [5.41, 5.74) is 6.80. The first-order valence-electron chi connectivity index (χ1n) is 16.4. The van der Waals surface area contributed by atoms with Gasteiger partial charge in [-0.15, -0.1) is 17.8 Å². The van der Waals surface area contributed by atoms with Crippen LogP contribution in [0.3, 0.4) is 0 Å². The van der Waals surface area contributed by atoms with Gasteiger partial charge in [0, 0.05) is 16.7 Å². The van der Waals surface area contributed by atoms with E-state index in [9.17, 15) is 0 Å². The highest BCUT2D eigenvalue weighted by atomic mass is 31.1. The molecule has 5 aliphatic rings. The number of pyridine rings is 2. The number of hydrogen-bond donors (Lipinski definition) is 0. The van der Waals surface area contributed by atoms with E-state index in [-0.39, 0.29) is 0 Å². The zero-order valence-corrected chi connectivity index (χ0v) is 27.9. The van der Waals surface area contributed by atoms with Crippen molar-refractivity contribution in [3.63, 3.8) is 0 Å². The fourth-order valence-electron chi connectivity index (χ4n) is 9.83. The molecule has 4 atom stereocenters. The second-order valence-corrected chi connectivity index (χ2v) is 18.5. The van der Waals surface area contributed by atoms with Crippen molar-refractivity contribution >= 4 is 39.6 Å². The number of nitrogens with zero attached hydrogens (tertiary/aromatic N) is 2. The molecule has 0 amide bonds. The van der Waals surface area contributed by atoms with Gasteiger partial charge in [0.15, 0.2) is 0 Å². The fourth-order valence-corrected chi connectivity index (χ4v) is 12.5. The van der Waals surface area contributed by atoms with E-state index in [1.807, 2.05) is 0 Å². The van der Waals surface area contributed by atoms with Crippen LogP contribution in [-0.2, 0) is 5.16 Å². The van der Waals surface area contributed by atoms with E-state index in [1.54, 1.807) is 0 Å². The number of aromatic nitrogens is 2. The minimum absolute atomic E-state index is 0.293. The standard InChI is InChI=1S/C39H44N2P2/c1-37(2,3)43-36(38-22-25-19-26(23-38)21-27(20-25)24-38)30-11-8-12-31(30)39(42,34-17-15-28-9-4-6-13-32(28)40-34)35-18-16-29-10-5-7-14-33(29)41-35/h4-18,25-27,30,36,43H,19-24,42H2,1-3H3. The third-order valence-corrected chi connectivity index (χ3v) is 14.2. The fraction of sp³-hybridized carbons (Fsp3) is 0.436. The second-order valence-electron chi connectivity index (χ2n) is 15.3. The van der Waals surface area contributed by atoms with E-state index in [2.05, 4.69) is 121 Å². The van der Waals surface area contributed by atoms with Gasteiger partial charge in [-0.25, -0.2) is 0 Å². The molecule has 2 heterocycles. The lowest BCUT2D eigenvalue weighted by Crippen LogP contribution is -2.53. The molecule has 2 aromatic carbocycles. The Morgan fingerprint density at radius 3 is 1.77 bits per heavy atom. The topological polar surface area (TPSA) is 25.8 Å². The van der Waals surface area contributed by atoms with Crippen molar-refractivity contribution in [1.29, 1.82) is 0 Å². The Hall–Kier alpha value is -2.40. The molecule has 9 rings (SSSR count). The Bertz CT molecular complexity index is 1650. The molecular formula is C39H44N2P2.